The van der Waals surface area contributed by atoms with Gasteiger partial charge < -0.3 is 5.32 Å². The molecule has 106 valence electrons. The molecular formula is C10H9FN4O3S2. The Kier molecular flexibility index (Phi) is 3.79. The maximum Gasteiger partial charge on any atom is 0.269 e. The number of amides is 1. The second-order valence-corrected chi connectivity index (χ2v) is 6.18. The molecule has 2 rings (SSSR count). The predicted octanol–water partition coefficient (Wildman–Crippen LogP) is 0.885. The number of halogens is 1. The van der Waals surface area contributed by atoms with Crippen LogP contribution in [0, 0.1) is 12.7 Å². The summed E-state index contributed by atoms with van der Waals surface area (Å²) in [6, 6.07) is 2.82. The van der Waals surface area contributed by atoms with Crippen LogP contribution in [-0.4, -0.2) is 23.9 Å². The van der Waals surface area contributed by atoms with Crippen molar-refractivity contribution in [3.63, 3.8) is 0 Å². The molecule has 0 unspecified atom stereocenters. The molecule has 0 aliphatic carbocycles. The van der Waals surface area contributed by atoms with Gasteiger partial charge in [-0.3, -0.25) is 4.79 Å². The summed E-state index contributed by atoms with van der Waals surface area (Å²) in [5, 5.41) is 11.0. The monoisotopic (exact) mass is 316 g/mol. The van der Waals surface area contributed by atoms with E-state index in [4.69, 9.17) is 5.14 Å². The number of carbonyl (C=O) groups excluding carboxylic acids is 1. The number of hydrogen-bond acceptors (Lipinski definition) is 6. The van der Waals surface area contributed by atoms with Gasteiger partial charge in [-0.25, -0.2) is 17.9 Å². The normalized spacial score (nSPS) is 11.3. The molecular weight excluding hydrogens is 307 g/mol. The summed E-state index contributed by atoms with van der Waals surface area (Å²) in [6.07, 6.45) is 0. The first-order chi connectivity index (χ1) is 9.27. The summed E-state index contributed by atoms with van der Waals surface area (Å²) in [4.78, 5) is 11.7. The van der Waals surface area contributed by atoms with Gasteiger partial charge >= 0.3 is 0 Å². The topological polar surface area (TPSA) is 115 Å². The molecule has 1 heterocycles. The van der Waals surface area contributed by atoms with Gasteiger partial charge in [-0.2, -0.15) is 0 Å². The molecule has 0 radical (unpaired) electrons. The highest BCUT2D eigenvalue weighted by Gasteiger charge is 2.16. The summed E-state index contributed by atoms with van der Waals surface area (Å²) in [5.74, 6) is -1.38. The third-order valence-electron chi connectivity index (χ3n) is 2.32. The van der Waals surface area contributed by atoms with Crippen LogP contribution in [0.3, 0.4) is 0 Å². The molecule has 10 heteroatoms. The molecule has 1 amide bonds. The van der Waals surface area contributed by atoms with Crippen LogP contribution < -0.4 is 10.5 Å². The molecule has 0 saturated carbocycles. The number of rotatable bonds is 3. The number of anilines is 1. The van der Waals surface area contributed by atoms with Crippen molar-refractivity contribution in [3.05, 3.63) is 34.6 Å². The Morgan fingerprint density at radius 2 is 2.10 bits per heavy atom. The molecule has 0 atom stereocenters. The van der Waals surface area contributed by atoms with Crippen molar-refractivity contribution in [1.82, 2.24) is 9.59 Å². The van der Waals surface area contributed by atoms with Gasteiger partial charge in [0.2, 0.25) is 10.0 Å². The zero-order valence-corrected chi connectivity index (χ0v) is 11.8. The van der Waals surface area contributed by atoms with Crippen LogP contribution in [-0.2, 0) is 10.0 Å². The molecule has 0 aliphatic heterocycles. The van der Waals surface area contributed by atoms with E-state index in [9.17, 15) is 17.6 Å². The zero-order chi connectivity index (χ0) is 14.9. The summed E-state index contributed by atoms with van der Waals surface area (Å²) in [6.45, 7) is 1.60. The largest absolute Gasteiger partial charge is 0.321 e. The molecule has 0 aliphatic rings. The minimum atomic E-state index is -4.06. The minimum Gasteiger partial charge on any atom is -0.321 e. The van der Waals surface area contributed by atoms with Crippen molar-refractivity contribution in [1.29, 1.82) is 0 Å². The Labute approximate surface area is 117 Å². The molecule has 0 saturated heterocycles. The van der Waals surface area contributed by atoms with E-state index in [0.717, 1.165) is 29.7 Å². The van der Waals surface area contributed by atoms with Gasteiger partial charge in [-0.1, -0.05) is 4.49 Å². The van der Waals surface area contributed by atoms with Crippen LogP contribution in [0.5, 0.6) is 0 Å². The SMILES string of the molecule is Cc1nnsc1C(=O)Nc1cc(F)cc(S(N)(=O)=O)c1. The van der Waals surface area contributed by atoms with Gasteiger partial charge in [0.05, 0.1) is 10.6 Å². The van der Waals surface area contributed by atoms with Crippen LogP contribution in [0.15, 0.2) is 23.1 Å². The van der Waals surface area contributed by atoms with Crippen LogP contribution in [0.1, 0.15) is 15.4 Å². The van der Waals surface area contributed by atoms with Crippen LogP contribution in [0.25, 0.3) is 0 Å². The second-order valence-electron chi connectivity index (χ2n) is 3.86. The van der Waals surface area contributed by atoms with E-state index >= 15 is 0 Å². The lowest BCUT2D eigenvalue weighted by molar-refractivity contribution is 0.102. The lowest BCUT2D eigenvalue weighted by Crippen LogP contribution is -2.15. The smallest absolute Gasteiger partial charge is 0.269 e. The highest BCUT2D eigenvalue weighted by Crippen LogP contribution is 2.19. The van der Waals surface area contributed by atoms with Crippen molar-refractivity contribution < 1.29 is 17.6 Å². The van der Waals surface area contributed by atoms with Crippen LogP contribution in [0.2, 0.25) is 0 Å². The summed E-state index contributed by atoms with van der Waals surface area (Å²) in [7, 11) is -4.06. The molecule has 1 aromatic heterocycles. The maximum atomic E-state index is 13.3. The average Bonchev–Trinajstić information content (AvgIpc) is 2.73. The number of hydrogen-bond donors (Lipinski definition) is 2. The van der Waals surface area contributed by atoms with E-state index < -0.39 is 26.6 Å². The molecule has 20 heavy (non-hydrogen) atoms. The van der Waals surface area contributed by atoms with E-state index in [2.05, 4.69) is 14.9 Å². The first-order valence-electron chi connectivity index (χ1n) is 5.21. The van der Waals surface area contributed by atoms with Gasteiger partial charge in [-0.05, 0) is 36.7 Å². The number of nitrogens with one attached hydrogen (secondary N) is 1. The van der Waals surface area contributed by atoms with Crippen LogP contribution in [0.4, 0.5) is 10.1 Å². The Balaban J connectivity index is 2.33. The van der Waals surface area contributed by atoms with Crippen LogP contribution >= 0.6 is 11.5 Å². The summed E-state index contributed by atoms with van der Waals surface area (Å²) < 4.78 is 39.3. The average molecular weight is 316 g/mol. The standard InChI is InChI=1S/C10H9FN4O3S2/c1-5-9(19-15-14-5)10(16)13-7-2-6(11)3-8(4-7)20(12,17)18/h2-4H,1H3,(H,13,16)(H2,12,17,18). The molecule has 0 fully saturated rings. The number of aryl methyl sites for hydroxylation is 1. The fraction of sp³-hybridized carbons (Fsp3) is 0.100. The van der Waals surface area contributed by atoms with Crippen molar-refractivity contribution >= 4 is 33.2 Å². The van der Waals surface area contributed by atoms with Crippen molar-refractivity contribution in [2.45, 2.75) is 11.8 Å². The molecule has 2 aromatic rings. The van der Waals surface area contributed by atoms with Gasteiger partial charge in [0.1, 0.15) is 10.7 Å². The number of benzene rings is 1. The van der Waals surface area contributed by atoms with E-state index in [0.29, 0.717) is 5.69 Å². The third-order valence-corrected chi connectivity index (χ3v) is 4.03. The zero-order valence-electron chi connectivity index (χ0n) is 10.1. The Bertz CT molecular complexity index is 773. The fourth-order valence-electron chi connectivity index (χ4n) is 1.43. The number of nitrogens with zero attached hydrogens (tertiary/aromatic N) is 2. The van der Waals surface area contributed by atoms with Crippen molar-refractivity contribution in [3.8, 4) is 0 Å². The van der Waals surface area contributed by atoms with Gasteiger partial charge in [-0.15, -0.1) is 5.10 Å². The lowest BCUT2D eigenvalue weighted by Gasteiger charge is -2.06. The number of aromatic nitrogens is 2. The second kappa shape index (κ2) is 5.23. The fourth-order valence-corrected chi connectivity index (χ4v) is 2.55. The molecule has 7 nitrogen and oxygen atoms in total. The summed E-state index contributed by atoms with van der Waals surface area (Å²) in [5.41, 5.74) is 0.405. The number of carbonyl (C=O) groups is 1. The van der Waals surface area contributed by atoms with Gasteiger partial charge in [0.25, 0.3) is 5.91 Å². The van der Waals surface area contributed by atoms with Gasteiger partial charge in [0.15, 0.2) is 0 Å². The Morgan fingerprint density at radius 3 is 2.65 bits per heavy atom. The number of nitrogens with two attached hydrogens (primary N) is 1. The van der Waals surface area contributed by atoms with Crippen molar-refractivity contribution in [2.75, 3.05) is 5.32 Å². The van der Waals surface area contributed by atoms with E-state index in [1.54, 1.807) is 6.92 Å². The van der Waals surface area contributed by atoms with E-state index in [1.807, 2.05) is 0 Å². The Hall–Kier alpha value is -1.91. The van der Waals surface area contributed by atoms with E-state index in [1.165, 1.54) is 0 Å². The minimum absolute atomic E-state index is 0.0215. The first-order valence-corrected chi connectivity index (χ1v) is 7.53. The molecule has 3 N–H and O–H groups in total. The maximum absolute atomic E-state index is 13.3. The third kappa shape index (κ3) is 3.15. The van der Waals surface area contributed by atoms with Crippen molar-refractivity contribution in [2.24, 2.45) is 5.14 Å². The predicted molar refractivity (Wildman–Crippen MR) is 70.4 cm³/mol. The molecule has 1 aromatic carbocycles. The van der Waals surface area contributed by atoms with E-state index in [-0.39, 0.29) is 10.6 Å². The highest BCUT2D eigenvalue weighted by atomic mass is 32.2. The number of primary sulfonamides is 1. The molecule has 0 bridgehead atoms. The molecule has 0 spiro atoms. The highest BCUT2D eigenvalue weighted by molar-refractivity contribution is 7.89. The first kappa shape index (κ1) is 14.5. The lowest BCUT2D eigenvalue weighted by atomic mass is 10.3. The Morgan fingerprint density at radius 1 is 1.40 bits per heavy atom. The quantitative estimate of drug-likeness (QED) is 0.872. The summed E-state index contributed by atoms with van der Waals surface area (Å²) >= 11 is 0.881. The van der Waals surface area contributed by atoms with Gasteiger partial charge in [0, 0.05) is 5.69 Å². The number of sulfonamides is 1.